The van der Waals surface area contributed by atoms with Crippen molar-refractivity contribution in [3.8, 4) is 0 Å². The molecule has 2 aromatic carbocycles. The molecule has 2 N–H and O–H groups in total. The Balaban J connectivity index is 2.19. The second-order valence-corrected chi connectivity index (χ2v) is 7.09. The van der Waals surface area contributed by atoms with Crippen molar-refractivity contribution in [3.63, 3.8) is 0 Å². The van der Waals surface area contributed by atoms with Gasteiger partial charge in [-0.1, -0.05) is 15.9 Å². The van der Waals surface area contributed by atoms with Gasteiger partial charge in [0.2, 0.25) is 0 Å². The molecular weight excluding hydrogens is 468 g/mol. The van der Waals surface area contributed by atoms with Gasteiger partial charge in [0.25, 0.3) is 11.8 Å². The van der Waals surface area contributed by atoms with E-state index in [9.17, 15) is 9.59 Å². The van der Waals surface area contributed by atoms with Gasteiger partial charge in [-0.15, -0.1) is 0 Å². The lowest BCUT2D eigenvalue weighted by Crippen LogP contribution is -2.30. The maximum atomic E-state index is 12.5. The predicted octanol–water partition coefficient (Wildman–Crippen LogP) is 4.36. The standard InChI is InChI=1S/C14H7Br3N2O2/c15-6-3-10(16)12(11(17)4-6)19-13(20)8-2-1-7(18)5-9(8)14(19)21/h1-5H,18H2. The molecule has 0 spiro atoms. The van der Waals surface area contributed by atoms with Gasteiger partial charge < -0.3 is 5.73 Å². The van der Waals surface area contributed by atoms with Crippen molar-refractivity contribution in [1.29, 1.82) is 0 Å². The Labute approximate surface area is 145 Å². The van der Waals surface area contributed by atoms with Crippen LogP contribution in [0.15, 0.2) is 43.7 Å². The van der Waals surface area contributed by atoms with Gasteiger partial charge >= 0.3 is 0 Å². The van der Waals surface area contributed by atoms with E-state index in [-0.39, 0.29) is 11.8 Å². The minimum atomic E-state index is -0.383. The van der Waals surface area contributed by atoms with E-state index in [1.165, 1.54) is 6.07 Å². The van der Waals surface area contributed by atoms with Crippen molar-refractivity contribution < 1.29 is 9.59 Å². The van der Waals surface area contributed by atoms with Crippen LogP contribution in [-0.2, 0) is 0 Å². The summed E-state index contributed by atoms with van der Waals surface area (Å²) in [6, 6.07) is 8.26. The van der Waals surface area contributed by atoms with E-state index < -0.39 is 0 Å². The molecule has 2 aromatic rings. The van der Waals surface area contributed by atoms with Gasteiger partial charge in [-0.3, -0.25) is 9.59 Å². The molecule has 0 aliphatic carbocycles. The quantitative estimate of drug-likeness (QED) is 0.493. The fraction of sp³-hybridized carbons (Fsp3) is 0. The zero-order valence-corrected chi connectivity index (χ0v) is 15.1. The highest BCUT2D eigenvalue weighted by molar-refractivity contribution is 9.11. The Bertz CT molecular complexity index is 782. The van der Waals surface area contributed by atoms with Crippen molar-refractivity contribution >= 4 is 71.0 Å². The molecule has 1 aliphatic heterocycles. The number of nitrogens with two attached hydrogens (primary N) is 1. The zero-order chi connectivity index (χ0) is 15.3. The molecule has 3 rings (SSSR count). The normalized spacial score (nSPS) is 13.8. The Morgan fingerprint density at radius 3 is 2.05 bits per heavy atom. The summed E-state index contributed by atoms with van der Waals surface area (Å²) in [6.07, 6.45) is 0. The van der Waals surface area contributed by atoms with Crippen LogP contribution in [0.2, 0.25) is 0 Å². The number of nitrogens with zero attached hydrogens (tertiary/aromatic N) is 1. The van der Waals surface area contributed by atoms with Gasteiger partial charge in [0.15, 0.2) is 0 Å². The van der Waals surface area contributed by atoms with Crippen LogP contribution in [0.25, 0.3) is 0 Å². The number of hydrogen-bond acceptors (Lipinski definition) is 3. The maximum absolute atomic E-state index is 12.5. The molecule has 106 valence electrons. The van der Waals surface area contributed by atoms with Gasteiger partial charge in [-0.05, 0) is 62.2 Å². The van der Waals surface area contributed by atoms with E-state index in [1.807, 2.05) is 0 Å². The monoisotopic (exact) mass is 472 g/mol. The first-order valence-corrected chi connectivity index (χ1v) is 8.21. The molecular formula is C14H7Br3N2O2. The Morgan fingerprint density at radius 1 is 0.857 bits per heavy atom. The van der Waals surface area contributed by atoms with Crippen LogP contribution < -0.4 is 10.6 Å². The van der Waals surface area contributed by atoms with E-state index in [2.05, 4.69) is 47.8 Å². The number of halogens is 3. The molecule has 7 heteroatoms. The molecule has 0 aromatic heterocycles. The first-order valence-electron chi connectivity index (χ1n) is 5.83. The van der Waals surface area contributed by atoms with E-state index in [0.29, 0.717) is 31.4 Å². The number of carbonyl (C=O) groups excluding carboxylic acids is 2. The van der Waals surface area contributed by atoms with Gasteiger partial charge in [0.05, 0.1) is 16.8 Å². The van der Waals surface area contributed by atoms with Gasteiger partial charge in [0.1, 0.15) is 0 Å². The molecule has 4 nitrogen and oxygen atoms in total. The fourth-order valence-corrected chi connectivity index (χ4v) is 4.82. The first-order chi connectivity index (χ1) is 9.90. The fourth-order valence-electron chi connectivity index (χ4n) is 2.21. The summed E-state index contributed by atoms with van der Waals surface area (Å²) >= 11 is 10.1. The van der Waals surface area contributed by atoms with E-state index in [1.54, 1.807) is 24.3 Å². The third-order valence-electron chi connectivity index (χ3n) is 3.12. The molecule has 0 saturated heterocycles. The van der Waals surface area contributed by atoms with E-state index in [0.717, 1.165) is 9.37 Å². The van der Waals surface area contributed by atoms with Crippen LogP contribution in [0.5, 0.6) is 0 Å². The lowest BCUT2D eigenvalue weighted by molar-refractivity contribution is 0.0926. The molecule has 1 heterocycles. The van der Waals surface area contributed by atoms with Gasteiger partial charge in [-0.25, -0.2) is 4.90 Å². The summed E-state index contributed by atoms with van der Waals surface area (Å²) in [5, 5.41) is 0. The average Bonchev–Trinajstić information content (AvgIpc) is 2.62. The van der Waals surface area contributed by atoms with Crippen LogP contribution in [0.3, 0.4) is 0 Å². The molecule has 0 atom stereocenters. The van der Waals surface area contributed by atoms with Crippen molar-refractivity contribution in [3.05, 3.63) is 54.9 Å². The average molecular weight is 475 g/mol. The van der Waals surface area contributed by atoms with Crippen molar-refractivity contribution in [2.24, 2.45) is 0 Å². The van der Waals surface area contributed by atoms with Crippen molar-refractivity contribution in [2.75, 3.05) is 10.6 Å². The summed E-state index contributed by atoms with van der Waals surface area (Å²) in [5.41, 5.74) is 7.30. The number of fused-ring (bicyclic) bond motifs is 1. The lowest BCUT2D eigenvalue weighted by atomic mass is 10.1. The molecule has 2 amide bonds. The van der Waals surface area contributed by atoms with E-state index in [4.69, 9.17) is 5.73 Å². The number of benzene rings is 2. The lowest BCUT2D eigenvalue weighted by Gasteiger charge is -2.18. The second-order valence-electron chi connectivity index (χ2n) is 4.47. The smallest absolute Gasteiger partial charge is 0.266 e. The Hall–Kier alpha value is -1.18. The minimum absolute atomic E-state index is 0.321. The third kappa shape index (κ3) is 2.33. The predicted molar refractivity (Wildman–Crippen MR) is 91.5 cm³/mol. The molecule has 0 bridgehead atoms. The molecule has 1 aliphatic rings. The van der Waals surface area contributed by atoms with Crippen LogP contribution in [0.4, 0.5) is 11.4 Å². The van der Waals surface area contributed by atoms with Gasteiger partial charge in [-0.2, -0.15) is 0 Å². The number of anilines is 2. The summed E-state index contributed by atoms with van der Waals surface area (Å²) in [6.45, 7) is 0. The Morgan fingerprint density at radius 2 is 1.43 bits per heavy atom. The largest absolute Gasteiger partial charge is 0.399 e. The van der Waals surface area contributed by atoms with Crippen LogP contribution in [-0.4, -0.2) is 11.8 Å². The van der Waals surface area contributed by atoms with Crippen LogP contribution >= 0.6 is 47.8 Å². The molecule has 0 unspecified atom stereocenters. The number of amides is 2. The molecule has 0 radical (unpaired) electrons. The summed E-state index contributed by atoms with van der Waals surface area (Å²) < 4.78 is 2.09. The Kier molecular flexibility index (Phi) is 3.67. The highest BCUT2D eigenvalue weighted by Crippen LogP contribution is 2.40. The number of hydrogen-bond donors (Lipinski definition) is 1. The third-order valence-corrected chi connectivity index (χ3v) is 4.78. The number of carbonyl (C=O) groups is 2. The SMILES string of the molecule is Nc1ccc2c(c1)C(=O)N(c1c(Br)cc(Br)cc1Br)C2=O. The number of imide groups is 1. The highest BCUT2D eigenvalue weighted by atomic mass is 79.9. The number of nitrogen functional groups attached to an aromatic ring is 1. The van der Waals surface area contributed by atoms with Crippen LogP contribution in [0.1, 0.15) is 20.7 Å². The second kappa shape index (κ2) is 5.23. The van der Waals surface area contributed by atoms with Crippen LogP contribution in [0, 0.1) is 0 Å². The minimum Gasteiger partial charge on any atom is -0.399 e. The molecule has 21 heavy (non-hydrogen) atoms. The highest BCUT2D eigenvalue weighted by Gasteiger charge is 2.38. The first kappa shape index (κ1) is 14.7. The zero-order valence-electron chi connectivity index (χ0n) is 10.4. The summed E-state index contributed by atoms with van der Waals surface area (Å²) in [4.78, 5) is 26.2. The number of rotatable bonds is 1. The van der Waals surface area contributed by atoms with Crippen molar-refractivity contribution in [1.82, 2.24) is 0 Å². The van der Waals surface area contributed by atoms with Crippen molar-refractivity contribution in [2.45, 2.75) is 0 Å². The van der Waals surface area contributed by atoms with E-state index >= 15 is 0 Å². The molecule has 0 saturated carbocycles. The topological polar surface area (TPSA) is 63.4 Å². The summed E-state index contributed by atoms with van der Waals surface area (Å²) in [5.74, 6) is -0.746. The van der Waals surface area contributed by atoms with Gasteiger partial charge in [0, 0.05) is 19.1 Å². The maximum Gasteiger partial charge on any atom is 0.266 e. The summed E-state index contributed by atoms with van der Waals surface area (Å²) in [7, 11) is 0. The molecule has 0 fully saturated rings.